The van der Waals surface area contributed by atoms with Crippen LogP contribution in [0.15, 0.2) is 23.1 Å². The molecule has 0 amide bonds. The summed E-state index contributed by atoms with van der Waals surface area (Å²) < 4.78 is 62.1. The topological polar surface area (TPSA) is 17.1 Å². The summed E-state index contributed by atoms with van der Waals surface area (Å²) in [6.07, 6.45) is -2.98. The summed E-state index contributed by atoms with van der Waals surface area (Å²) in [4.78, 5) is 10.9. The van der Waals surface area contributed by atoms with E-state index in [2.05, 4.69) is 15.9 Å². The normalized spacial score (nSPS) is 11.9. The van der Waals surface area contributed by atoms with Crippen LogP contribution in [0.25, 0.3) is 0 Å². The van der Waals surface area contributed by atoms with Crippen LogP contribution in [0.4, 0.5) is 22.0 Å². The number of hydrogen-bond acceptors (Lipinski definition) is 2. The Morgan fingerprint density at radius 3 is 2.42 bits per heavy atom. The van der Waals surface area contributed by atoms with E-state index >= 15 is 0 Å². The lowest BCUT2D eigenvalue weighted by Crippen LogP contribution is -2.04. The largest absolute Gasteiger partial charge is 0.446 e. The molecule has 0 fully saturated rings. The number of benzene rings is 1. The summed E-state index contributed by atoms with van der Waals surface area (Å²) in [5.41, 5.74) is -5.44. The van der Waals surface area contributed by atoms with Gasteiger partial charge in [-0.15, -0.1) is 0 Å². The molecule has 0 heterocycles. The van der Waals surface area contributed by atoms with Gasteiger partial charge in [0.05, 0.1) is 0 Å². The Bertz CT molecular complexity index is 461. The van der Waals surface area contributed by atoms with Crippen LogP contribution in [0, 0.1) is 0 Å². The predicted molar refractivity (Wildman–Crippen MR) is 66.1 cm³/mol. The van der Waals surface area contributed by atoms with Gasteiger partial charge in [0.15, 0.2) is 5.78 Å². The molecule has 0 N–H and O–H groups in total. The zero-order valence-corrected chi connectivity index (χ0v) is 11.7. The summed E-state index contributed by atoms with van der Waals surface area (Å²) in [6, 6.07) is 2.86. The molecule has 0 radical (unpaired) electrons. The van der Waals surface area contributed by atoms with E-state index in [1.807, 2.05) is 0 Å². The molecule has 0 saturated carbocycles. The Morgan fingerprint density at radius 1 is 1.32 bits per heavy atom. The van der Waals surface area contributed by atoms with Crippen LogP contribution in [0.1, 0.15) is 28.8 Å². The van der Waals surface area contributed by atoms with Crippen LogP contribution in [0.5, 0.6) is 0 Å². The number of thioether (sulfide) groups is 1. The van der Waals surface area contributed by atoms with Gasteiger partial charge >= 0.3 is 5.51 Å². The summed E-state index contributed by atoms with van der Waals surface area (Å²) in [5, 5.41) is 0.356. The van der Waals surface area contributed by atoms with Crippen molar-refractivity contribution in [2.75, 3.05) is 5.33 Å². The third kappa shape index (κ3) is 5.10. The SMILES string of the molecule is O=C(CCBr)c1ccc(SC(F)(F)F)c(C(F)F)c1. The first kappa shape index (κ1) is 16.4. The zero-order chi connectivity index (χ0) is 14.6. The maximum atomic E-state index is 12.7. The highest BCUT2D eigenvalue weighted by atomic mass is 79.9. The van der Waals surface area contributed by atoms with Gasteiger partial charge in [0, 0.05) is 27.8 Å². The van der Waals surface area contributed by atoms with Crippen molar-refractivity contribution >= 4 is 33.5 Å². The number of hydrogen-bond donors (Lipinski definition) is 0. The second-order valence-electron chi connectivity index (χ2n) is 3.46. The van der Waals surface area contributed by atoms with Crippen molar-refractivity contribution in [1.82, 2.24) is 0 Å². The van der Waals surface area contributed by atoms with Gasteiger partial charge in [-0.25, -0.2) is 8.78 Å². The molecule has 0 bridgehead atoms. The van der Waals surface area contributed by atoms with E-state index in [1.54, 1.807) is 0 Å². The summed E-state index contributed by atoms with van der Waals surface area (Å²) in [6.45, 7) is 0. The number of alkyl halides is 6. The molecule has 0 saturated heterocycles. The Balaban J connectivity index is 3.11. The molecule has 1 nitrogen and oxygen atoms in total. The van der Waals surface area contributed by atoms with Crippen LogP contribution in [-0.4, -0.2) is 16.6 Å². The number of halogens is 6. The van der Waals surface area contributed by atoms with Gasteiger partial charge in [0.25, 0.3) is 6.43 Å². The van der Waals surface area contributed by atoms with Crippen molar-refractivity contribution in [1.29, 1.82) is 0 Å². The fraction of sp³-hybridized carbons (Fsp3) is 0.364. The fourth-order valence-corrected chi connectivity index (χ4v) is 2.35. The van der Waals surface area contributed by atoms with E-state index in [0.29, 0.717) is 5.33 Å². The van der Waals surface area contributed by atoms with E-state index in [0.717, 1.165) is 18.2 Å². The lowest BCUT2D eigenvalue weighted by atomic mass is 10.1. The molecular weight excluding hydrogens is 355 g/mol. The second kappa shape index (κ2) is 6.69. The van der Waals surface area contributed by atoms with Gasteiger partial charge in [0.2, 0.25) is 0 Å². The molecule has 0 aliphatic carbocycles. The van der Waals surface area contributed by atoms with Crippen molar-refractivity contribution in [3.05, 3.63) is 29.3 Å². The van der Waals surface area contributed by atoms with E-state index in [9.17, 15) is 26.7 Å². The smallest absolute Gasteiger partial charge is 0.294 e. The average Bonchev–Trinajstić information content (AvgIpc) is 2.27. The minimum absolute atomic E-state index is 0.0127. The highest BCUT2D eigenvalue weighted by Crippen LogP contribution is 2.41. The number of carbonyl (C=O) groups excluding carboxylic acids is 1. The quantitative estimate of drug-likeness (QED) is 0.309. The van der Waals surface area contributed by atoms with Gasteiger partial charge < -0.3 is 0 Å². The number of ketones is 1. The third-order valence-corrected chi connectivity index (χ3v) is 3.33. The van der Waals surface area contributed by atoms with Crippen LogP contribution in [-0.2, 0) is 0 Å². The van der Waals surface area contributed by atoms with Crippen molar-refractivity contribution < 1.29 is 26.7 Å². The minimum Gasteiger partial charge on any atom is -0.294 e. The van der Waals surface area contributed by atoms with Crippen molar-refractivity contribution in [2.45, 2.75) is 23.3 Å². The molecule has 1 aromatic rings. The second-order valence-corrected chi connectivity index (χ2v) is 5.36. The van der Waals surface area contributed by atoms with E-state index in [-0.39, 0.29) is 12.0 Å². The molecule has 0 aliphatic rings. The monoisotopic (exact) mass is 362 g/mol. The Labute approximate surface area is 118 Å². The third-order valence-electron chi connectivity index (χ3n) is 2.11. The summed E-state index contributed by atoms with van der Waals surface area (Å²) >= 11 is 2.42. The summed E-state index contributed by atoms with van der Waals surface area (Å²) in [7, 11) is 0. The van der Waals surface area contributed by atoms with Gasteiger partial charge in [-0.3, -0.25) is 4.79 Å². The Morgan fingerprint density at radius 2 is 1.95 bits per heavy atom. The number of carbonyl (C=O) groups is 1. The highest BCUT2D eigenvalue weighted by Gasteiger charge is 2.32. The van der Waals surface area contributed by atoms with Crippen LogP contribution >= 0.6 is 27.7 Å². The lowest BCUT2D eigenvalue weighted by Gasteiger charge is -2.12. The van der Waals surface area contributed by atoms with Crippen molar-refractivity contribution in [3.8, 4) is 0 Å². The zero-order valence-electron chi connectivity index (χ0n) is 9.31. The van der Waals surface area contributed by atoms with Crippen LogP contribution in [0.2, 0.25) is 0 Å². The Kier molecular flexibility index (Phi) is 5.79. The first-order chi connectivity index (χ1) is 8.74. The molecule has 0 spiro atoms. The first-order valence-electron chi connectivity index (χ1n) is 5.01. The molecule has 1 rings (SSSR count). The standard InChI is InChI=1S/C11H8BrF5OS/c12-4-3-8(18)6-1-2-9(19-11(15,16)17)7(5-6)10(13)14/h1-2,5,10H,3-4H2. The van der Waals surface area contributed by atoms with Gasteiger partial charge in [-0.1, -0.05) is 22.0 Å². The summed E-state index contributed by atoms with van der Waals surface area (Å²) in [5.74, 6) is -0.401. The Hall–Kier alpha value is -0.630. The van der Waals surface area contributed by atoms with E-state index < -0.39 is 39.9 Å². The van der Waals surface area contributed by atoms with Crippen LogP contribution in [0.3, 0.4) is 0 Å². The van der Waals surface area contributed by atoms with E-state index in [4.69, 9.17) is 0 Å². The minimum atomic E-state index is -4.65. The van der Waals surface area contributed by atoms with Gasteiger partial charge in [-0.05, 0) is 23.9 Å². The lowest BCUT2D eigenvalue weighted by molar-refractivity contribution is -0.0329. The molecule has 0 aliphatic heterocycles. The van der Waals surface area contributed by atoms with Gasteiger partial charge in [-0.2, -0.15) is 13.2 Å². The van der Waals surface area contributed by atoms with Gasteiger partial charge in [0.1, 0.15) is 0 Å². The first-order valence-corrected chi connectivity index (χ1v) is 6.95. The molecule has 1 aromatic carbocycles. The molecule has 0 aromatic heterocycles. The molecular formula is C11H8BrF5OS. The molecule has 19 heavy (non-hydrogen) atoms. The molecule has 106 valence electrons. The molecule has 0 atom stereocenters. The number of Topliss-reactive ketones (excluding diaryl/α,β-unsaturated/α-hetero) is 1. The van der Waals surface area contributed by atoms with Crippen LogP contribution < -0.4 is 0 Å². The maximum Gasteiger partial charge on any atom is 0.446 e. The molecule has 0 unspecified atom stereocenters. The fourth-order valence-electron chi connectivity index (χ4n) is 1.34. The average molecular weight is 363 g/mol. The maximum absolute atomic E-state index is 12.7. The van der Waals surface area contributed by atoms with E-state index in [1.165, 1.54) is 0 Å². The predicted octanol–water partition coefficient (Wildman–Crippen LogP) is 5.20. The molecule has 8 heteroatoms. The number of rotatable bonds is 5. The van der Waals surface area contributed by atoms with Crippen molar-refractivity contribution in [3.63, 3.8) is 0 Å². The highest BCUT2D eigenvalue weighted by molar-refractivity contribution is 9.09. The van der Waals surface area contributed by atoms with Crippen molar-refractivity contribution in [2.24, 2.45) is 0 Å².